The van der Waals surface area contributed by atoms with E-state index in [4.69, 9.17) is 14.7 Å². The van der Waals surface area contributed by atoms with Gasteiger partial charge in [0.15, 0.2) is 0 Å². The SMILES string of the molecule is CCC(C)C(C)OCCCSc1ccc(C2(c3ccc(SCCCO)cc3)c3ccccc3-c3nc4ccccc4nc32)cc1. The first-order chi connectivity index (χ1) is 22.1. The number of fused-ring (bicyclic) bond motifs is 4. The number of para-hydroxylation sites is 2. The van der Waals surface area contributed by atoms with Crippen LogP contribution >= 0.6 is 23.5 Å². The standard InChI is InChI=1S/C39H42N2O2S2/c1-4-27(2)28(3)43-24-10-26-45-32-21-17-30(18-22-32)39(29-15-19-31(20-16-29)44-25-9-23-42)34-12-6-5-11-33(34)37-38(39)41-36-14-8-7-13-35(36)40-37/h5-8,11-22,27-28,42H,4,9-10,23-26H2,1-3H3. The summed E-state index contributed by atoms with van der Waals surface area (Å²) in [5, 5.41) is 9.26. The lowest BCUT2D eigenvalue weighted by molar-refractivity contribution is 0.0300. The molecular weight excluding hydrogens is 593 g/mol. The summed E-state index contributed by atoms with van der Waals surface area (Å²) in [6.45, 7) is 7.69. The Morgan fingerprint density at radius 2 is 1.31 bits per heavy atom. The Labute approximate surface area is 276 Å². The zero-order valence-corrected chi connectivity index (χ0v) is 28.0. The summed E-state index contributed by atoms with van der Waals surface area (Å²) >= 11 is 3.67. The molecule has 4 nitrogen and oxygen atoms in total. The molecule has 3 unspecified atom stereocenters. The van der Waals surface area contributed by atoms with E-state index in [1.807, 2.05) is 30.0 Å². The van der Waals surface area contributed by atoms with Gasteiger partial charge >= 0.3 is 0 Å². The Balaban J connectivity index is 1.37. The third-order valence-electron chi connectivity index (χ3n) is 9.04. The van der Waals surface area contributed by atoms with Gasteiger partial charge < -0.3 is 9.84 Å². The van der Waals surface area contributed by atoms with Gasteiger partial charge in [0, 0.05) is 40.1 Å². The van der Waals surface area contributed by atoms with Gasteiger partial charge in [0.05, 0.1) is 33.9 Å². The van der Waals surface area contributed by atoms with Crippen molar-refractivity contribution in [2.24, 2.45) is 5.92 Å². The van der Waals surface area contributed by atoms with Gasteiger partial charge in [-0.3, -0.25) is 0 Å². The molecule has 1 aliphatic carbocycles. The Hall–Kier alpha value is -3.16. The molecule has 4 aromatic carbocycles. The normalized spacial score (nSPS) is 16.8. The minimum Gasteiger partial charge on any atom is -0.396 e. The molecule has 0 saturated carbocycles. The van der Waals surface area contributed by atoms with Crippen LogP contribution in [0.15, 0.2) is 107 Å². The van der Waals surface area contributed by atoms with Crippen molar-refractivity contribution in [3.8, 4) is 11.3 Å². The number of rotatable bonds is 14. The number of hydrogen-bond acceptors (Lipinski definition) is 6. The minimum absolute atomic E-state index is 0.216. The van der Waals surface area contributed by atoms with E-state index in [9.17, 15) is 5.11 Å². The summed E-state index contributed by atoms with van der Waals surface area (Å²) in [6, 6.07) is 34.9. The van der Waals surface area contributed by atoms with E-state index in [2.05, 4.69) is 99.6 Å². The van der Waals surface area contributed by atoms with Crippen LogP contribution in [-0.4, -0.2) is 45.9 Å². The van der Waals surface area contributed by atoms with Crippen LogP contribution in [-0.2, 0) is 10.2 Å². The van der Waals surface area contributed by atoms with Crippen LogP contribution in [0.1, 0.15) is 62.4 Å². The van der Waals surface area contributed by atoms with Gasteiger partial charge in [-0.1, -0.05) is 80.9 Å². The predicted octanol–water partition coefficient (Wildman–Crippen LogP) is 9.40. The summed E-state index contributed by atoms with van der Waals surface area (Å²) in [4.78, 5) is 13.0. The highest BCUT2D eigenvalue weighted by molar-refractivity contribution is 7.99. The zero-order chi connectivity index (χ0) is 31.2. The van der Waals surface area contributed by atoms with Crippen LogP contribution in [0.4, 0.5) is 0 Å². The Bertz CT molecular complexity index is 1720. The lowest BCUT2D eigenvalue weighted by atomic mass is 9.69. The van der Waals surface area contributed by atoms with E-state index < -0.39 is 5.41 Å². The molecule has 0 amide bonds. The molecule has 0 bridgehead atoms. The van der Waals surface area contributed by atoms with Crippen molar-refractivity contribution < 1.29 is 9.84 Å². The summed E-state index contributed by atoms with van der Waals surface area (Å²) < 4.78 is 6.08. The lowest BCUT2D eigenvalue weighted by Crippen LogP contribution is -2.29. The summed E-state index contributed by atoms with van der Waals surface area (Å²) in [5.41, 5.74) is 7.87. The van der Waals surface area contributed by atoms with E-state index in [1.54, 1.807) is 11.8 Å². The molecule has 5 aromatic rings. The Morgan fingerprint density at radius 3 is 1.93 bits per heavy atom. The number of hydrogen-bond donors (Lipinski definition) is 1. The van der Waals surface area contributed by atoms with Crippen molar-refractivity contribution in [2.75, 3.05) is 24.7 Å². The number of aliphatic hydroxyl groups excluding tert-OH is 1. The molecule has 1 N–H and O–H groups in total. The largest absolute Gasteiger partial charge is 0.396 e. The minimum atomic E-state index is -0.597. The van der Waals surface area contributed by atoms with Crippen molar-refractivity contribution >= 4 is 34.6 Å². The summed E-state index contributed by atoms with van der Waals surface area (Å²) in [6.07, 6.45) is 3.27. The molecule has 1 heterocycles. The molecule has 3 atom stereocenters. The second-order valence-corrected chi connectivity index (χ2v) is 14.2. The van der Waals surface area contributed by atoms with Crippen LogP contribution < -0.4 is 0 Å². The molecule has 1 aromatic heterocycles. The molecule has 0 radical (unpaired) electrons. The maximum absolute atomic E-state index is 9.26. The van der Waals surface area contributed by atoms with Gasteiger partial charge in [-0.05, 0) is 78.8 Å². The quantitative estimate of drug-likeness (QED) is 0.0952. The molecule has 0 aliphatic heterocycles. The zero-order valence-electron chi connectivity index (χ0n) is 26.4. The lowest BCUT2D eigenvalue weighted by Gasteiger charge is -2.32. The summed E-state index contributed by atoms with van der Waals surface area (Å²) in [5.74, 6) is 2.51. The van der Waals surface area contributed by atoms with E-state index in [1.165, 1.54) is 26.5 Å². The molecule has 0 fully saturated rings. The van der Waals surface area contributed by atoms with Crippen molar-refractivity contribution in [1.29, 1.82) is 0 Å². The van der Waals surface area contributed by atoms with E-state index >= 15 is 0 Å². The number of thioether (sulfide) groups is 2. The van der Waals surface area contributed by atoms with Crippen LogP contribution in [0.2, 0.25) is 0 Å². The van der Waals surface area contributed by atoms with Crippen molar-refractivity contribution in [3.05, 3.63) is 119 Å². The van der Waals surface area contributed by atoms with Crippen molar-refractivity contribution in [3.63, 3.8) is 0 Å². The molecule has 45 heavy (non-hydrogen) atoms. The number of benzene rings is 4. The van der Waals surface area contributed by atoms with Gasteiger partial charge in [-0.15, -0.1) is 23.5 Å². The van der Waals surface area contributed by atoms with Gasteiger partial charge in [-0.2, -0.15) is 0 Å². The number of aliphatic hydroxyl groups is 1. The van der Waals surface area contributed by atoms with Crippen LogP contribution in [0, 0.1) is 5.92 Å². The number of aromatic nitrogens is 2. The fraction of sp³-hybridized carbons (Fsp3) is 0.333. The highest BCUT2D eigenvalue weighted by atomic mass is 32.2. The smallest absolute Gasteiger partial charge is 0.0944 e. The van der Waals surface area contributed by atoms with Gasteiger partial charge in [0.1, 0.15) is 0 Å². The summed E-state index contributed by atoms with van der Waals surface area (Å²) in [7, 11) is 0. The highest BCUT2D eigenvalue weighted by Gasteiger charge is 2.48. The highest BCUT2D eigenvalue weighted by Crippen LogP contribution is 2.55. The molecule has 0 spiro atoms. The molecule has 1 aliphatic rings. The fourth-order valence-corrected chi connectivity index (χ4v) is 7.88. The number of ether oxygens (including phenoxy) is 1. The van der Waals surface area contributed by atoms with E-state index in [0.717, 1.165) is 65.4 Å². The topological polar surface area (TPSA) is 55.2 Å². The van der Waals surface area contributed by atoms with Gasteiger partial charge in [0.2, 0.25) is 0 Å². The molecule has 6 rings (SSSR count). The monoisotopic (exact) mass is 634 g/mol. The Morgan fingerprint density at radius 1 is 0.733 bits per heavy atom. The Kier molecular flexibility index (Phi) is 10.3. The molecular formula is C39H42N2O2S2. The molecule has 6 heteroatoms. The number of nitrogens with zero attached hydrogens (tertiary/aromatic N) is 2. The third kappa shape index (κ3) is 6.44. The van der Waals surface area contributed by atoms with E-state index in [-0.39, 0.29) is 6.61 Å². The fourth-order valence-electron chi connectivity index (χ4n) is 6.22. The third-order valence-corrected chi connectivity index (χ3v) is 11.2. The van der Waals surface area contributed by atoms with Crippen LogP contribution in [0.25, 0.3) is 22.3 Å². The average Bonchev–Trinajstić information content (AvgIpc) is 3.37. The van der Waals surface area contributed by atoms with Gasteiger partial charge in [0.25, 0.3) is 0 Å². The second kappa shape index (κ2) is 14.5. The maximum atomic E-state index is 9.26. The molecule has 232 valence electrons. The van der Waals surface area contributed by atoms with Crippen LogP contribution in [0.5, 0.6) is 0 Å². The second-order valence-electron chi connectivity index (χ2n) is 11.8. The van der Waals surface area contributed by atoms with Crippen molar-refractivity contribution in [2.45, 2.75) is 61.3 Å². The van der Waals surface area contributed by atoms with Crippen molar-refractivity contribution in [1.82, 2.24) is 9.97 Å². The molecule has 0 saturated heterocycles. The first-order valence-corrected chi connectivity index (χ1v) is 18.1. The van der Waals surface area contributed by atoms with Gasteiger partial charge in [-0.25, -0.2) is 9.97 Å². The van der Waals surface area contributed by atoms with Crippen LogP contribution in [0.3, 0.4) is 0 Å². The van der Waals surface area contributed by atoms with E-state index in [0.29, 0.717) is 12.0 Å². The predicted molar refractivity (Wildman–Crippen MR) is 189 cm³/mol. The first-order valence-electron chi connectivity index (χ1n) is 16.1. The average molecular weight is 635 g/mol. The maximum Gasteiger partial charge on any atom is 0.0944 e. The first kappa shape index (κ1) is 31.8.